The summed E-state index contributed by atoms with van der Waals surface area (Å²) in [5.74, 6) is 0.298. The van der Waals surface area contributed by atoms with Gasteiger partial charge in [-0.1, -0.05) is 36.8 Å². The summed E-state index contributed by atoms with van der Waals surface area (Å²) in [5, 5.41) is 5.71. The predicted octanol–water partition coefficient (Wildman–Crippen LogP) is 7.46. The number of likely N-dealkylation sites (tertiary alicyclic amines) is 3. The number of hydrogen-bond donors (Lipinski definition) is 2. The second-order valence-electron chi connectivity index (χ2n) is 23.0. The van der Waals surface area contributed by atoms with Crippen LogP contribution in [-0.2, 0) is 29.4 Å². The second-order valence-corrected chi connectivity index (χ2v) is 23.0. The van der Waals surface area contributed by atoms with Crippen molar-refractivity contribution in [1.82, 2.24) is 39.5 Å². The lowest BCUT2D eigenvalue weighted by Crippen LogP contribution is -2.58. The zero-order valence-electron chi connectivity index (χ0n) is 42.9. The maximum Gasteiger partial charge on any atom is 0.238 e. The third kappa shape index (κ3) is 8.25. The van der Waals surface area contributed by atoms with Crippen LogP contribution < -0.4 is 20.4 Å². The van der Waals surface area contributed by atoms with Crippen molar-refractivity contribution in [2.24, 2.45) is 17.8 Å². The van der Waals surface area contributed by atoms with E-state index in [9.17, 15) is 19.2 Å². The molecule has 3 aromatic heterocycles. The molecule has 75 heavy (non-hydrogen) atoms. The van der Waals surface area contributed by atoms with Crippen molar-refractivity contribution < 1.29 is 28.4 Å². The van der Waals surface area contributed by atoms with E-state index in [1.165, 1.54) is 25.3 Å². The average molecular weight is 1020 g/mol. The van der Waals surface area contributed by atoms with E-state index >= 15 is 9.18 Å². The van der Waals surface area contributed by atoms with Crippen molar-refractivity contribution in [3.63, 3.8) is 0 Å². The number of halogens is 1. The van der Waals surface area contributed by atoms with Crippen LogP contribution >= 0.6 is 0 Å². The number of benzene rings is 2. The van der Waals surface area contributed by atoms with Crippen LogP contribution in [0, 0.1) is 23.6 Å². The number of aromatic nitrogens is 4. The number of fused-ring (bicyclic) bond motifs is 4. The van der Waals surface area contributed by atoms with Crippen molar-refractivity contribution >= 4 is 63.6 Å². The van der Waals surface area contributed by atoms with E-state index in [1.807, 2.05) is 32.6 Å². The minimum absolute atomic E-state index is 0.0657. The molecule has 390 valence electrons. The fraction of sp³-hybridized carbons (Fsp3) is 0.517. The molecule has 5 saturated heterocycles. The number of anilines is 4. The van der Waals surface area contributed by atoms with Gasteiger partial charge in [-0.2, -0.15) is 0 Å². The van der Waals surface area contributed by atoms with Gasteiger partial charge < -0.3 is 34.4 Å². The number of nitrogens with zero attached hydrogens (tertiary/aromatic N) is 9. The minimum atomic E-state index is -0.757. The molecule has 0 bridgehead atoms. The Labute approximate surface area is 436 Å². The number of rotatable bonds is 10. The number of carbonyl (C=O) groups excluding carboxylic acids is 5. The van der Waals surface area contributed by atoms with Crippen LogP contribution in [0.2, 0.25) is 0 Å². The molecular weight excluding hydrogens is 950 g/mol. The smallest absolute Gasteiger partial charge is 0.238 e. The van der Waals surface area contributed by atoms with Gasteiger partial charge in [0.2, 0.25) is 29.5 Å². The largest absolute Gasteiger partial charge is 0.357 e. The van der Waals surface area contributed by atoms with Crippen LogP contribution in [-0.4, -0.2) is 128 Å². The Morgan fingerprint density at radius 2 is 1.61 bits per heavy atom. The van der Waals surface area contributed by atoms with Gasteiger partial charge in [0.05, 0.1) is 40.5 Å². The molecule has 1 unspecified atom stereocenters. The number of amides is 5. The fourth-order valence-electron chi connectivity index (χ4n) is 14.2. The second kappa shape index (κ2) is 18.8. The Morgan fingerprint density at radius 1 is 0.827 bits per heavy atom. The van der Waals surface area contributed by atoms with E-state index in [4.69, 9.17) is 9.97 Å². The van der Waals surface area contributed by atoms with Crippen LogP contribution in [0.25, 0.3) is 22.3 Å². The molecule has 2 aromatic carbocycles. The molecule has 2 saturated carbocycles. The summed E-state index contributed by atoms with van der Waals surface area (Å²) in [7, 11) is 0. The number of piperidine rings is 5. The van der Waals surface area contributed by atoms with E-state index in [0.29, 0.717) is 94.5 Å². The van der Waals surface area contributed by atoms with Crippen molar-refractivity contribution in [2.75, 3.05) is 60.9 Å². The normalized spacial score (nSPS) is 26.7. The first-order valence-electron chi connectivity index (χ1n) is 27.7. The van der Waals surface area contributed by atoms with Gasteiger partial charge in [-0.05, 0) is 139 Å². The highest BCUT2D eigenvalue weighted by Gasteiger charge is 2.64. The molecule has 5 amide bonds. The van der Waals surface area contributed by atoms with Gasteiger partial charge in [-0.3, -0.25) is 29.3 Å². The van der Waals surface area contributed by atoms with Crippen LogP contribution in [0.3, 0.4) is 0 Å². The monoisotopic (exact) mass is 1020 g/mol. The molecule has 2 aliphatic carbocycles. The standard InChI is InChI=1S/C58H66FN11O5/c1-34(2)69-33-61-46-31-45(63-53(52(46)69)62-44-9-5-4-8-43(44)59)36-10-13-42-47(28-36)70(39-29-38(30-39)65-21-6-3-7-22-65)57(75)58(42)19-26-67(27-20-58)56(74)50-41-18-25-68(51(41)50)55(73)35-16-23-66(24-17-35)48-14-11-37(32-60-48)40-12-15-49(71)64-54(40)72/h4-5,8-11,13-14,28,31-35,38-41,50-51H,3,6-7,12,15-27,29-30H2,1-2H3,(H,62,63)(H,64,71,72)/t38-,39+,40?,41-,50-,51-/m1/s1. The maximum atomic E-state index is 15.3. The molecule has 2 N–H and O–H groups in total. The van der Waals surface area contributed by atoms with Gasteiger partial charge in [0.25, 0.3) is 0 Å². The third-order valence-corrected chi connectivity index (χ3v) is 18.6. The van der Waals surface area contributed by atoms with Crippen LogP contribution in [0.5, 0.6) is 0 Å². The number of nitrogens with one attached hydrogen (secondary N) is 2. The van der Waals surface area contributed by atoms with Gasteiger partial charge >= 0.3 is 0 Å². The van der Waals surface area contributed by atoms with Crippen molar-refractivity contribution in [2.45, 2.75) is 126 Å². The number of imidazole rings is 1. The molecular formula is C58H66FN11O5. The summed E-state index contributed by atoms with van der Waals surface area (Å²) in [6, 6.07) is 19.3. The summed E-state index contributed by atoms with van der Waals surface area (Å²) >= 11 is 0. The minimum Gasteiger partial charge on any atom is -0.357 e. The molecule has 7 fully saturated rings. The van der Waals surface area contributed by atoms with Crippen LogP contribution in [0.15, 0.2) is 73.2 Å². The molecule has 13 rings (SSSR count). The Hall–Kier alpha value is -6.75. The molecule has 17 heteroatoms. The van der Waals surface area contributed by atoms with Crippen LogP contribution in [0.1, 0.15) is 114 Å². The number of para-hydroxylation sites is 1. The molecule has 8 aliphatic rings. The zero-order chi connectivity index (χ0) is 51.3. The Morgan fingerprint density at radius 3 is 2.35 bits per heavy atom. The lowest BCUT2D eigenvalue weighted by Gasteiger charge is -2.48. The number of imide groups is 1. The SMILES string of the molecule is CC(C)n1cnc2cc(-c3ccc4c(c3)N([C@H]3C[C@@H](N5CCCCC5)C3)C(=O)C43CCN(C(=O)[C@@H]4[C@H]5CCN(C(=O)C6CCN(c7ccc(C8CCC(=O)NC8=O)cn7)CC6)[C@H]54)CC3)nc(Nc3ccccc3F)c21. The van der Waals surface area contributed by atoms with E-state index in [-0.39, 0.29) is 77.2 Å². The lowest BCUT2D eigenvalue weighted by molar-refractivity contribution is -0.140. The van der Waals surface area contributed by atoms with E-state index in [2.05, 4.69) is 62.4 Å². The number of carbonyl (C=O) groups is 5. The van der Waals surface area contributed by atoms with Gasteiger partial charge in [0.1, 0.15) is 17.2 Å². The molecule has 0 radical (unpaired) electrons. The molecule has 1 spiro atoms. The highest BCUT2D eigenvalue weighted by molar-refractivity contribution is 6.10. The molecule has 6 aliphatic heterocycles. The summed E-state index contributed by atoms with van der Waals surface area (Å²) in [6.07, 6.45) is 13.2. The summed E-state index contributed by atoms with van der Waals surface area (Å²) < 4.78 is 17.2. The van der Waals surface area contributed by atoms with Gasteiger partial charge in [0, 0.05) is 86.7 Å². The van der Waals surface area contributed by atoms with E-state index in [0.717, 1.165) is 71.6 Å². The van der Waals surface area contributed by atoms with Gasteiger partial charge in [0.15, 0.2) is 5.82 Å². The Bertz CT molecular complexity index is 3100. The topological polar surface area (TPSA) is 169 Å². The van der Waals surface area contributed by atoms with Crippen LogP contribution in [0.4, 0.5) is 27.4 Å². The fourth-order valence-corrected chi connectivity index (χ4v) is 14.2. The number of pyridine rings is 2. The Kier molecular flexibility index (Phi) is 12.0. The predicted molar refractivity (Wildman–Crippen MR) is 282 cm³/mol. The highest BCUT2D eigenvalue weighted by Crippen LogP contribution is 2.55. The maximum absolute atomic E-state index is 15.3. The lowest BCUT2D eigenvalue weighted by atomic mass is 9.73. The molecule has 5 aromatic rings. The first-order chi connectivity index (χ1) is 36.4. The Balaban J connectivity index is 0.701. The zero-order valence-corrected chi connectivity index (χ0v) is 42.9. The molecule has 4 atom stereocenters. The first-order valence-corrected chi connectivity index (χ1v) is 27.7. The molecule has 9 heterocycles. The number of hydrogen-bond acceptors (Lipinski definition) is 11. The van der Waals surface area contributed by atoms with Crippen molar-refractivity contribution in [3.05, 3.63) is 90.1 Å². The van der Waals surface area contributed by atoms with E-state index < -0.39 is 5.41 Å². The highest BCUT2D eigenvalue weighted by atomic mass is 19.1. The van der Waals surface area contributed by atoms with Gasteiger partial charge in [-0.15, -0.1) is 0 Å². The summed E-state index contributed by atoms with van der Waals surface area (Å²) in [6.45, 7) is 9.41. The van der Waals surface area contributed by atoms with Crippen molar-refractivity contribution in [1.29, 1.82) is 0 Å². The van der Waals surface area contributed by atoms with Gasteiger partial charge in [-0.25, -0.2) is 19.3 Å². The quantitative estimate of drug-likeness (QED) is 0.133. The van der Waals surface area contributed by atoms with E-state index in [1.54, 1.807) is 30.7 Å². The average Bonchev–Trinajstić information content (AvgIpc) is 3.63. The molecule has 16 nitrogen and oxygen atoms in total. The third-order valence-electron chi connectivity index (χ3n) is 18.6. The van der Waals surface area contributed by atoms with Crippen molar-refractivity contribution in [3.8, 4) is 11.3 Å². The summed E-state index contributed by atoms with van der Waals surface area (Å²) in [4.78, 5) is 93.6. The first kappa shape index (κ1) is 47.9. The summed E-state index contributed by atoms with van der Waals surface area (Å²) in [5.41, 5.74) is 5.35.